The van der Waals surface area contributed by atoms with Gasteiger partial charge in [0.2, 0.25) is 0 Å². The maximum atomic E-state index is 11.7. The van der Waals surface area contributed by atoms with Crippen LogP contribution < -0.4 is 0 Å². The number of terminal acetylenes is 2. The number of benzene rings is 1. The molecule has 0 spiro atoms. The first kappa shape index (κ1) is 40.8. The zero-order valence-electron chi connectivity index (χ0n) is 30.9. The number of carboxylic acids is 2. The number of rotatable bonds is 2. The Bertz CT molecular complexity index is 1740. The van der Waals surface area contributed by atoms with Crippen LogP contribution in [0.1, 0.15) is 114 Å². The Kier molecular flexibility index (Phi) is 11.9. The first-order valence-corrected chi connectivity index (χ1v) is 19.2. The van der Waals surface area contributed by atoms with Crippen LogP contribution in [0.2, 0.25) is 0 Å². The normalized spacial score (nSPS) is 40.2. The topological polar surface area (TPSA) is 152 Å². The molecule has 1 aromatic rings. The standard InChI is InChI=1S/C20H26O2.C20H24O2.C4H4O4.Fe/c2*1-3-20(22)11-9-18-17-6-4-13-12-14(21)5-7-15(13)16(17)8-10-19(18,20)2;5-3(6)1-2-4(7)8;/h1,12,15-18,22H,4-11H2,2H3;1,5,7,12,16-18,21-22H,4,6,8-11H2,2H3;1-2H,(H,5,6)(H,7,8);/b;;2-1+;/t15-,16+,17+,18-,19-,20-;16-,17-,18+,19+,20+;;/m01../s1. The average molecular weight is 767 g/mol. The minimum atomic E-state index is -1.26. The fourth-order valence-electron chi connectivity index (χ4n) is 12.4. The molecule has 5 saturated carbocycles. The van der Waals surface area contributed by atoms with Gasteiger partial charge in [-0.25, -0.2) is 9.59 Å². The fourth-order valence-corrected chi connectivity index (χ4v) is 12.4. The molecule has 0 bridgehead atoms. The summed E-state index contributed by atoms with van der Waals surface area (Å²) in [4.78, 5) is 30.8. The molecule has 11 atom stereocenters. The molecule has 8 nitrogen and oxygen atoms in total. The maximum Gasteiger partial charge on any atom is 0.328 e. The summed E-state index contributed by atoms with van der Waals surface area (Å²) >= 11 is 0. The smallest absolute Gasteiger partial charge is 0.328 e. The van der Waals surface area contributed by atoms with Gasteiger partial charge in [-0.3, -0.25) is 4.79 Å². The van der Waals surface area contributed by atoms with E-state index in [1.165, 1.54) is 23.1 Å². The van der Waals surface area contributed by atoms with Crippen LogP contribution in [-0.4, -0.2) is 54.5 Å². The van der Waals surface area contributed by atoms with Crippen molar-refractivity contribution in [3.63, 3.8) is 0 Å². The molecule has 0 radical (unpaired) electrons. The molecule has 7 aliphatic rings. The molecule has 1 aromatic carbocycles. The molecule has 8 rings (SSSR count). The van der Waals surface area contributed by atoms with Gasteiger partial charge in [0.05, 0.1) is 0 Å². The van der Waals surface area contributed by atoms with Gasteiger partial charge >= 0.3 is 11.9 Å². The van der Waals surface area contributed by atoms with E-state index in [2.05, 4.69) is 31.8 Å². The second-order valence-corrected chi connectivity index (χ2v) is 17.1. The minimum absolute atomic E-state index is 0. The number of aliphatic hydroxyl groups is 2. The number of hydrogen-bond donors (Lipinski definition) is 5. The predicted octanol–water partition coefficient (Wildman–Crippen LogP) is 6.81. The van der Waals surface area contributed by atoms with Crippen molar-refractivity contribution in [1.82, 2.24) is 0 Å². The van der Waals surface area contributed by atoms with Crippen LogP contribution in [0.3, 0.4) is 0 Å². The van der Waals surface area contributed by atoms with Crippen molar-refractivity contribution in [2.24, 2.45) is 46.3 Å². The molecule has 53 heavy (non-hydrogen) atoms. The molecule has 5 fully saturated rings. The second-order valence-electron chi connectivity index (χ2n) is 17.1. The second kappa shape index (κ2) is 15.4. The van der Waals surface area contributed by atoms with Gasteiger partial charge in [-0.1, -0.05) is 37.3 Å². The van der Waals surface area contributed by atoms with E-state index in [0.29, 0.717) is 65.1 Å². The van der Waals surface area contributed by atoms with Crippen LogP contribution in [0.5, 0.6) is 5.75 Å². The third-order valence-corrected chi connectivity index (χ3v) is 15.2. The minimum Gasteiger partial charge on any atom is -0.508 e. The number of aliphatic carboxylic acids is 2. The summed E-state index contributed by atoms with van der Waals surface area (Å²) in [5, 5.41) is 47.2. The van der Waals surface area contributed by atoms with E-state index in [-0.39, 0.29) is 27.9 Å². The van der Waals surface area contributed by atoms with Crippen LogP contribution in [0.25, 0.3) is 0 Å². The van der Waals surface area contributed by atoms with Crippen molar-refractivity contribution in [2.75, 3.05) is 0 Å². The molecular formula is C44H54FeO8. The van der Waals surface area contributed by atoms with Gasteiger partial charge in [0.25, 0.3) is 0 Å². The zero-order chi connectivity index (χ0) is 37.6. The summed E-state index contributed by atoms with van der Waals surface area (Å²) in [6, 6.07) is 5.87. The molecule has 0 aromatic heterocycles. The fraction of sp³-hybridized carbons (Fsp3) is 0.614. The van der Waals surface area contributed by atoms with Crippen LogP contribution in [0, 0.1) is 71.0 Å². The SMILES string of the molecule is C#C[C@]1(O)CC[C@H]2[C@@H]3CCC4=CC(=O)CC[C@@H]4[C@H]3CC[C@@]21C.C#C[C@]1(O)CC[C@H]2[C@@H]3CCc4cc(O)ccc4[C@H]3CC[C@@]21C.O=C(O)/C=C/C(=O)O.[Fe]. The summed E-state index contributed by atoms with van der Waals surface area (Å²) in [5.74, 6) is 7.96. The van der Waals surface area contributed by atoms with Gasteiger partial charge in [0.15, 0.2) is 5.78 Å². The number of aromatic hydroxyl groups is 1. The summed E-state index contributed by atoms with van der Waals surface area (Å²) in [5.41, 5.74) is 2.11. The Labute approximate surface area is 324 Å². The Hall–Kier alpha value is -3.33. The average Bonchev–Trinajstić information content (AvgIpc) is 3.56. The summed E-state index contributed by atoms with van der Waals surface area (Å²) in [6.07, 6.45) is 28.6. The van der Waals surface area contributed by atoms with E-state index in [1.807, 2.05) is 18.2 Å². The van der Waals surface area contributed by atoms with E-state index >= 15 is 0 Å². The van der Waals surface area contributed by atoms with Gasteiger partial charge in [-0.15, -0.1) is 12.8 Å². The van der Waals surface area contributed by atoms with Crippen LogP contribution in [0.4, 0.5) is 0 Å². The van der Waals surface area contributed by atoms with E-state index in [1.54, 1.807) is 0 Å². The van der Waals surface area contributed by atoms with Crippen LogP contribution in [0.15, 0.2) is 42.0 Å². The first-order valence-electron chi connectivity index (χ1n) is 19.2. The number of carboxylic acid groups (broad SMARTS) is 2. The summed E-state index contributed by atoms with van der Waals surface area (Å²) in [6.45, 7) is 4.45. The quantitative estimate of drug-likeness (QED) is 0.125. The molecule has 0 heterocycles. The number of aryl methyl sites for hydroxylation is 1. The molecule has 5 N–H and O–H groups in total. The van der Waals surface area contributed by atoms with Crippen LogP contribution in [-0.2, 0) is 37.9 Å². The molecule has 0 unspecified atom stereocenters. The molecule has 0 saturated heterocycles. The maximum absolute atomic E-state index is 11.7. The number of carbonyl (C=O) groups is 3. The molecular weight excluding hydrogens is 712 g/mol. The molecule has 0 amide bonds. The van der Waals surface area contributed by atoms with Crippen molar-refractivity contribution in [3.8, 4) is 30.4 Å². The zero-order valence-corrected chi connectivity index (χ0v) is 32.0. The van der Waals surface area contributed by atoms with Crippen molar-refractivity contribution in [2.45, 2.75) is 121 Å². The van der Waals surface area contributed by atoms with E-state index in [0.717, 1.165) is 83.5 Å². The number of hydrogen-bond acceptors (Lipinski definition) is 6. The Morgan fingerprint density at radius 1 is 0.736 bits per heavy atom. The third-order valence-electron chi connectivity index (χ3n) is 15.2. The monoisotopic (exact) mass is 766 g/mol. The number of ketones is 1. The predicted molar refractivity (Wildman–Crippen MR) is 197 cm³/mol. The van der Waals surface area contributed by atoms with Gasteiger partial charge < -0.3 is 25.5 Å². The number of fused-ring (bicyclic) bond motifs is 10. The largest absolute Gasteiger partial charge is 0.508 e. The van der Waals surface area contributed by atoms with E-state index in [9.17, 15) is 29.7 Å². The van der Waals surface area contributed by atoms with Crippen molar-refractivity contribution in [1.29, 1.82) is 0 Å². The number of phenolic OH excluding ortho intramolecular Hbond substituents is 1. The summed E-state index contributed by atoms with van der Waals surface area (Å²) < 4.78 is 0. The van der Waals surface area contributed by atoms with Gasteiger partial charge in [-0.2, -0.15) is 0 Å². The van der Waals surface area contributed by atoms with Crippen molar-refractivity contribution < 1.29 is 57.0 Å². The van der Waals surface area contributed by atoms with Crippen LogP contribution >= 0.6 is 0 Å². The molecule has 286 valence electrons. The van der Waals surface area contributed by atoms with E-state index in [4.69, 9.17) is 23.1 Å². The summed E-state index contributed by atoms with van der Waals surface area (Å²) in [7, 11) is 0. The molecule has 9 heteroatoms. The molecule has 7 aliphatic carbocycles. The first-order chi connectivity index (χ1) is 24.6. The van der Waals surface area contributed by atoms with Gasteiger partial charge in [0.1, 0.15) is 17.0 Å². The Morgan fingerprint density at radius 2 is 1.30 bits per heavy atom. The Morgan fingerprint density at radius 3 is 1.89 bits per heavy atom. The third kappa shape index (κ3) is 7.16. The number of allylic oxidation sites excluding steroid dienone is 1. The van der Waals surface area contributed by atoms with Gasteiger partial charge in [0, 0.05) is 46.5 Å². The van der Waals surface area contributed by atoms with Crippen molar-refractivity contribution >= 4 is 17.7 Å². The van der Waals surface area contributed by atoms with E-state index < -0.39 is 23.1 Å². The van der Waals surface area contributed by atoms with Crippen molar-refractivity contribution in [3.05, 3.63) is 53.1 Å². The molecule has 0 aliphatic heterocycles. The Balaban J connectivity index is 0.000000168. The number of carbonyl (C=O) groups excluding carboxylic acids is 1. The van der Waals surface area contributed by atoms with Gasteiger partial charge in [-0.05, 0) is 154 Å². The number of phenols is 1.